The van der Waals surface area contributed by atoms with Crippen molar-refractivity contribution in [3.8, 4) is 11.1 Å². The summed E-state index contributed by atoms with van der Waals surface area (Å²) in [6, 6.07) is 14.2. The van der Waals surface area contributed by atoms with Crippen LogP contribution in [0.2, 0.25) is 0 Å². The molecule has 130 valence electrons. The minimum Gasteiger partial charge on any atom is -0.389 e. The molecule has 0 bridgehead atoms. The predicted octanol–water partition coefficient (Wildman–Crippen LogP) is 2.78. The second-order valence-electron chi connectivity index (χ2n) is 7.05. The van der Waals surface area contributed by atoms with Crippen LogP contribution >= 0.6 is 0 Å². The Morgan fingerprint density at radius 3 is 2.80 bits per heavy atom. The van der Waals surface area contributed by atoms with Gasteiger partial charge in [-0.25, -0.2) is 0 Å². The average molecular weight is 337 g/mol. The Morgan fingerprint density at radius 2 is 1.96 bits per heavy atom. The van der Waals surface area contributed by atoms with Crippen molar-refractivity contribution in [3.63, 3.8) is 0 Å². The molecule has 2 aliphatic rings. The highest BCUT2D eigenvalue weighted by molar-refractivity contribution is 5.95. The zero-order valence-corrected chi connectivity index (χ0v) is 14.2. The first-order valence-corrected chi connectivity index (χ1v) is 8.96. The van der Waals surface area contributed by atoms with Crippen LogP contribution in [-0.4, -0.2) is 36.9 Å². The van der Waals surface area contributed by atoms with Gasteiger partial charge in [-0.1, -0.05) is 30.3 Å². The first kappa shape index (κ1) is 16.3. The molecule has 0 aromatic heterocycles. The summed E-state index contributed by atoms with van der Waals surface area (Å²) < 4.78 is 5.45. The van der Waals surface area contributed by atoms with Gasteiger partial charge in [0.25, 0.3) is 5.91 Å². The lowest BCUT2D eigenvalue weighted by Gasteiger charge is -2.13. The second-order valence-corrected chi connectivity index (χ2v) is 7.05. The van der Waals surface area contributed by atoms with E-state index in [4.69, 9.17) is 4.74 Å². The number of carbonyl (C=O) groups is 1. The standard InChI is InChI=1S/C21H23NO3/c23-18(13-25-12-14-5-6-14)11-22-21(24)16-7-8-20-17(10-16)9-15-3-1-2-4-19(15)20/h1-4,7-8,10,14,18,23H,5-6,9,11-13H2,(H,22,24). The Labute approximate surface area is 147 Å². The van der Waals surface area contributed by atoms with Crippen LogP contribution in [0.5, 0.6) is 0 Å². The fraction of sp³-hybridized carbons (Fsp3) is 0.381. The molecule has 1 unspecified atom stereocenters. The van der Waals surface area contributed by atoms with Crippen LogP contribution in [0.3, 0.4) is 0 Å². The van der Waals surface area contributed by atoms with Crippen molar-refractivity contribution >= 4 is 5.91 Å². The van der Waals surface area contributed by atoms with Gasteiger partial charge in [-0.2, -0.15) is 0 Å². The SMILES string of the molecule is O=C(NCC(O)COCC1CC1)c1ccc2c(c1)Cc1ccccc1-2. The lowest BCUT2D eigenvalue weighted by atomic mass is 10.0. The van der Waals surface area contributed by atoms with E-state index < -0.39 is 6.10 Å². The Balaban J connectivity index is 1.33. The lowest BCUT2D eigenvalue weighted by molar-refractivity contribution is 0.0320. The van der Waals surface area contributed by atoms with Crippen molar-refractivity contribution in [1.82, 2.24) is 5.32 Å². The smallest absolute Gasteiger partial charge is 0.251 e. The molecule has 0 saturated heterocycles. The summed E-state index contributed by atoms with van der Waals surface area (Å²) in [4.78, 5) is 12.4. The van der Waals surface area contributed by atoms with Crippen LogP contribution in [0.25, 0.3) is 11.1 Å². The molecular weight excluding hydrogens is 314 g/mol. The molecule has 25 heavy (non-hydrogen) atoms. The van der Waals surface area contributed by atoms with Crippen molar-refractivity contribution in [3.05, 3.63) is 59.2 Å². The summed E-state index contributed by atoms with van der Waals surface area (Å²) in [7, 11) is 0. The largest absolute Gasteiger partial charge is 0.389 e. The number of amides is 1. The van der Waals surface area contributed by atoms with E-state index in [2.05, 4.69) is 17.4 Å². The first-order valence-electron chi connectivity index (χ1n) is 8.96. The van der Waals surface area contributed by atoms with E-state index in [0.717, 1.165) is 13.0 Å². The van der Waals surface area contributed by atoms with Crippen molar-refractivity contribution in [1.29, 1.82) is 0 Å². The Bertz CT molecular complexity index is 782. The molecule has 2 aliphatic carbocycles. The molecule has 4 heteroatoms. The van der Waals surface area contributed by atoms with Crippen LogP contribution in [0.4, 0.5) is 0 Å². The molecule has 2 aromatic rings. The number of carbonyl (C=O) groups excluding carboxylic acids is 1. The van der Waals surface area contributed by atoms with E-state index in [0.29, 0.717) is 11.5 Å². The zero-order chi connectivity index (χ0) is 17.2. The maximum atomic E-state index is 12.4. The lowest BCUT2D eigenvalue weighted by Crippen LogP contribution is -2.34. The molecule has 1 atom stereocenters. The first-order chi connectivity index (χ1) is 12.2. The molecule has 4 rings (SSSR count). The van der Waals surface area contributed by atoms with Crippen molar-refractivity contribution in [2.75, 3.05) is 19.8 Å². The molecule has 0 radical (unpaired) electrons. The molecule has 0 spiro atoms. The maximum absolute atomic E-state index is 12.4. The van der Waals surface area contributed by atoms with Crippen molar-refractivity contribution < 1.29 is 14.6 Å². The zero-order valence-electron chi connectivity index (χ0n) is 14.2. The van der Waals surface area contributed by atoms with E-state index in [1.807, 2.05) is 30.3 Å². The van der Waals surface area contributed by atoms with Gasteiger partial charge in [-0.3, -0.25) is 4.79 Å². The van der Waals surface area contributed by atoms with Gasteiger partial charge in [-0.05, 0) is 59.6 Å². The molecular formula is C21H23NO3. The monoisotopic (exact) mass is 337 g/mol. The quantitative estimate of drug-likeness (QED) is 0.697. The van der Waals surface area contributed by atoms with Crippen molar-refractivity contribution in [2.45, 2.75) is 25.4 Å². The normalized spacial score (nSPS) is 16.2. The molecule has 0 aliphatic heterocycles. The third kappa shape index (κ3) is 3.75. The van der Waals surface area contributed by atoms with Gasteiger partial charge >= 0.3 is 0 Å². The topological polar surface area (TPSA) is 58.6 Å². The maximum Gasteiger partial charge on any atom is 0.251 e. The van der Waals surface area contributed by atoms with E-state index in [9.17, 15) is 9.90 Å². The van der Waals surface area contributed by atoms with Crippen LogP contribution in [-0.2, 0) is 11.2 Å². The number of ether oxygens (including phenoxy) is 1. The molecule has 1 fully saturated rings. The molecule has 1 amide bonds. The van der Waals surface area contributed by atoms with Crippen LogP contribution in [0, 0.1) is 5.92 Å². The van der Waals surface area contributed by atoms with E-state index >= 15 is 0 Å². The number of hydrogen-bond acceptors (Lipinski definition) is 3. The highest BCUT2D eigenvalue weighted by Crippen LogP contribution is 2.36. The minimum absolute atomic E-state index is 0.153. The van der Waals surface area contributed by atoms with E-state index in [1.54, 1.807) is 0 Å². The number of nitrogens with one attached hydrogen (secondary N) is 1. The number of rotatable bonds is 7. The third-order valence-electron chi connectivity index (χ3n) is 4.91. The van der Waals surface area contributed by atoms with Gasteiger partial charge < -0.3 is 15.2 Å². The summed E-state index contributed by atoms with van der Waals surface area (Å²) in [6.07, 6.45) is 2.66. The number of fused-ring (bicyclic) bond motifs is 3. The Morgan fingerprint density at radius 1 is 1.16 bits per heavy atom. The van der Waals surface area contributed by atoms with Gasteiger partial charge in [0.1, 0.15) is 0 Å². The summed E-state index contributed by atoms with van der Waals surface area (Å²) >= 11 is 0. The summed E-state index contributed by atoms with van der Waals surface area (Å²) in [5, 5.41) is 12.7. The Hall–Kier alpha value is -2.17. The molecule has 4 nitrogen and oxygen atoms in total. The van der Waals surface area contributed by atoms with Crippen LogP contribution in [0.1, 0.15) is 34.3 Å². The highest BCUT2D eigenvalue weighted by Gasteiger charge is 2.22. The molecule has 2 aromatic carbocycles. The molecule has 1 saturated carbocycles. The van der Waals surface area contributed by atoms with Crippen LogP contribution < -0.4 is 5.32 Å². The van der Waals surface area contributed by atoms with E-state index in [-0.39, 0.29) is 19.1 Å². The van der Waals surface area contributed by atoms with Gasteiger partial charge in [0.05, 0.1) is 12.7 Å². The molecule has 0 heterocycles. The Kier molecular flexibility index (Phi) is 4.55. The predicted molar refractivity (Wildman–Crippen MR) is 96.6 cm³/mol. The summed E-state index contributed by atoms with van der Waals surface area (Å²) in [6.45, 7) is 1.20. The van der Waals surface area contributed by atoms with Gasteiger partial charge in [0.2, 0.25) is 0 Å². The fourth-order valence-corrected chi connectivity index (χ4v) is 3.31. The van der Waals surface area contributed by atoms with Gasteiger partial charge in [0.15, 0.2) is 0 Å². The summed E-state index contributed by atoms with van der Waals surface area (Å²) in [5.74, 6) is 0.525. The minimum atomic E-state index is -0.665. The number of hydrogen-bond donors (Lipinski definition) is 2. The van der Waals surface area contributed by atoms with E-state index in [1.165, 1.54) is 35.1 Å². The average Bonchev–Trinajstić information content (AvgIpc) is 3.37. The number of benzene rings is 2. The number of aliphatic hydroxyl groups excluding tert-OH is 1. The fourth-order valence-electron chi connectivity index (χ4n) is 3.31. The third-order valence-corrected chi connectivity index (χ3v) is 4.91. The van der Waals surface area contributed by atoms with Crippen LogP contribution in [0.15, 0.2) is 42.5 Å². The van der Waals surface area contributed by atoms with Gasteiger partial charge in [0, 0.05) is 18.7 Å². The summed E-state index contributed by atoms with van der Waals surface area (Å²) in [5.41, 5.74) is 5.59. The second kappa shape index (κ2) is 6.98. The molecule has 2 N–H and O–H groups in total. The number of aliphatic hydroxyl groups is 1. The highest BCUT2D eigenvalue weighted by atomic mass is 16.5. The van der Waals surface area contributed by atoms with Crippen molar-refractivity contribution in [2.24, 2.45) is 5.92 Å². The van der Waals surface area contributed by atoms with Gasteiger partial charge in [-0.15, -0.1) is 0 Å².